The van der Waals surface area contributed by atoms with E-state index in [0.717, 1.165) is 18.7 Å². The van der Waals surface area contributed by atoms with Gasteiger partial charge in [-0.25, -0.2) is 0 Å². The second kappa shape index (κ2) is 2.76. The summed E-state index contributed by atoms with van der Waals surface area (Å²) in [6.07, 6.45) is 0.973. The first kappa shape index (κ1) is 8.10. The lowest BCUT2D eigenvalue weighted by Gasteiger charge is -2.36. The van der Waals surface area contributed by atoms with Gasteiger partial charge in [0.05, 0.1) is 6.61 Å². The van der Waals surface area contributed by atoms with Crippen molar-refractivity contribution in [1.82, 2.24) is 0 Å². The number of hydrogen-bond donors (Lipinski definition) is 0. The Morgan fingerprint density at radius 1 is 1.67 bits per heavy atom. The van der Waals surface area contributed by atoms with Gasteiger partial charge < -0.3 is 4.74 Å². The highest BCUT2D eigenvalue weighted by atomic mass is 32.2. The van der Waals surface area contributed by atoms with Crippen molar-refractivity contribution >= 4 is 22.8 Å². The molecule has 4 heteroatoms. The van der Waals surface area contributed by atoms with Crippen LogP contribution in [-0.2, 0) is 9.53 Å². The van der Waals surface area contributed by atoms with Gasteiger partial charge in [0, 0.05) is 18.7 Å². The minimum Gasteiger partial charge on any atom is -0.480 e. The molecule has 0 amide bonds. The van der Waals surface area contributed by atoms with Crippen LogP contribution in [0.5, 0.6) is 0 Å². The summed E-state index contributed by atoms with van der Waals surface area (Å²) < 4.78 is 5.37. The van der Waals surface area contributed by atoms with Crippen LogP contribution >= 0.6 is 11.8 Å². The summed E-state index contributed by atoms with van der Waals surface area (Å²) in [5, 5.41) is 0.197. The molecule has 0 N–H and O–H groups in total. The molecule has 2 heterocycles. The summed E-state index contributed by atoms with van der Waals surface area (Å²) in [4.78, 5) is 15.5. The van der Waals surface area contributed by atoms with Crippen molar-refractivity contribution < 1.29 is 9.53 Å². The number of rotatable bonds is 1. The number of hydrogen-bond acceptors (Lipinski definition) is 4. The number of nitrogens with zero attached hydrogens (tertiary/aromatic N) is 1. The normalized spacial score (nSPS) is 35.1. The topological polar surface area (TPSA) is 38.7 Å². The smallest absolute Gasteiger partial charge is 0.204 e. The molecule has 0 bridgehead atoms. The quantitative estimate of drug-likeness (QED) is 0.613. The molecule has 2 rings (SSSR count). The van der Waals surface area contributed by atoms with Crippen LogP contribution in [0.3, 0.4) is 0 Å². The molecule has 1 saturated heterocycles. The predicted molar refractivity (Wildman–Crippen MR) is 48.4 cm³/mol. The zero-order valence-electron chi connectivity index (χ0n) is 7.00. The van der Waals surface area contributed by atoms with Gasteiger partial charge in [0.15, 0.2) is 5.90 Å². The molecule has 2 aliphatic rings. The van der Waals surface area contributed by atoms with Gasteiger partial charge in [0.2, 0.25) is 5.12 Å². The molecule has 0 aromatic heterocycles. The first-order chi connectivity index (χ1) is 5.73. The second-order valence-corrected chi connectivity index (χ2v) is 4.25. The molecular formula is C8H11NO2S. The molecule has 0 spiro atoms. The Kier molecular flexibility index (Phi) is 1.87. The van der Waals surface area contributed by atoms with Crippen molar-refractivity contribution in [2.75, 3.05) is 18.9 Å². The molecule has 0 aliphatic carbocycles. The molecule has 1 fully saturated rings. The maximum atomic E-state index is 11.3. The van der Waals surface area contributed by atoms with Crippen LogP contribution in [0.15, 0.2) is 4.99 Å². The zero-order valence-corrected chi connectivity index (χ0v) is 7.82. The average Bonchev–Trinajstić information content (AvgIpc) is 2.16. The van der Waals surface area contributed by atoms with E-state index in [1.54, 1.807) is 0 Å². The number of aliphatic imine (C=N–C) groups is 1. The first-order valence-electron chi connectivity index (χ1n) is 4.08. The number of carbonyl (C=O) groups is 1. The van der Waals surface area contributed by atoms with Crippen LogP contribution < -0.4 is 0 Å². The molecule has 0 aromatic carbocycles. The highest BCUT2D eigenvalue weighted by Crippen LogP contribution is 2.41. The van der Waals surface area contributed by atoms with Gasteiger partial charge in [0.1, 0.15) is 5.41 Å². The van der Waals surface area contributed by atoms with Crippen LogP contribution in [0, 0.1) is 5.41 Å². The summed E-state index contributed by atoms with van der Waals surface area (Å²) >= 11 is 1.36. The van der Waals surface area contributed by atoms with E-state index < -0.39 is 5.41 Å². The van der Waals surface area contributed by atoms with Gasteiger partial charge in [-0.15, -0.1) is 0 Å². The predicted octanol–water partition coefficient (Wildman–Crippen LogP) is 1.08. The molecule has 0 radical (unpaired) electrons. The van der Waals surface area contributed by atoms with E-state index in [0.29, 0.717) is 12.5 Å². The lowest BCUT2D eigenvalue weighted by molar-refractivity contribution is -0.117. The molecule has 2 aliphatic heterocycles. The Morgan fingerprint density at radius 2 is 2.50 bits per heavy atom. The van der Waals surface area contributed by atoms with Crippen LogP contribution in [0.4, 0.5) is 0 Å². The van der Waals surface area contributed by atoms with E-state index in [9.17, 15) is 4.79 Å². The average molecular weight is 185 g/mol. The first-order valence-corrected chi connectivity index (χ1v) is 5.07. The Hall–Kier alpha value is -0.510. The van der Waals surface area contributed by atoms with E-state index in [1.807, 2.05) is 6.92 Å². The lowest BCUT2D eigenvalue weighted by Crippen LogP contribution is -2.47. The van der Waals surface area contributed by atoms with Gasteiger partial charge in [0.25, 0.3) is 0 Å². The van der Waals surface area contributed by atoms with Gasteiger partial charge in [-0.2, -0.15) is 0 Å². The SMILES string of the molecule is CC1(C2=NCCCO2)CSC1=O. The summed E-state index contributed by atoms with van der Waals surface area (Å²) in [6, 6.07) is 0. The van der Waals surface area contributed by atoms with Gasteiger partial charge in [-0.1, -0.05) is 11.8 Å². The fraction of sp³-hybridized carbons (Fsp3) is 0.750. The highest BCUT2D eigenvalue weighted by molar-refractivity contribution is 8.16. The van der Waals surface area contributed by atoms with E-state index in [2.05, 4.69) is 4.99 Å². The van der Waals surface area contributed by atoms with Gasteiger partial charge in [-0.05, 0) is 6.92 Å². The Balaban J connectivity index is 2.17. The Morgan fingerprint density at radius 3 is 2.92 bits per heavy atom. The third kappa shape index (κ3) is 1.05. The van der Waals surface area contributed by atoms with Crippen LogP contribution in [0.25, 0.3) is 0 Å². The molecule has 0 saturated carbocycles. The Bertz CT molecular complexity index is 251. The summed E-state index contributed by atoms with van der Waals surface area (Å²) in [5.74, 6) is 1.49. The lowest BCUT2D eigenvalue weighted by atomic mass is 9.93. The minimum absolute atomic E-state index is 0.197. The van der Waals surface area contributed by atoms with E-state index in [-0.39, 0.29) is 5.12 Å². The molecular weight excluding hydrogens is 174 g/mol. The second-order valence-electron chi connectivity index (χ2n) is 3.30. The Labute approximate surface area is 75.6 Å². The van der Waals surface area contributed by atoms with Crippen molar-refractivity contribution in [3.05, 3.63) is 0 Å². The van der Waals surface area contributed by atoms with Gasteiger partial charge in [-0.3, -0.25) is 9.79 Å². The molecule has 0 aromatic rings. The van der Waals surface area contributed by atoms with Crippen LogP contribution in [0.2, 0.25) is 0 Å². The van der Waals surface area contributed by atoms with Crippen molar-refractivity contribution in [3.63, 3.8) is 0 Å². The fourth-order valence-corrected chi connectivity index (χ4v) is 2.20. The highest BCUT2D eigenvalue weighted by Gasteiger charge is 2.49. The molecule has 12 heavy (non-hydrogen) atoms. The van der Waals surface area contributed by atoms with Crippen LogP contribution in [-0.4, -0.2) is 29.9 Å². The number of thioether (sulfide) groups is 1. The van der Waals surface area contributed by atoms with E-state index in [1.165, 1.54) is 11.8 Å². The maximum Gasteiger partial charge on any atom is 0.204 e. The monoisotopic (exact) mass is 185 g/mol. The zero-order chi connectivity index (χ0) is 8.60. The largest absolute Gasteiger partial charge is 0.480 e. The maximum absolute atomic E-state index is 11.3. The number of carbonyl (C=O) groups excluding carboxylic acids is 1. The van der Waals surface area contributed by atoms with E-state index in [4.69, 9.17) is 4.74 Å². The molecule has 3 nitrogen and oxygen atoms in total. The fourth-order valence-electron chi connectivity index (χ4n) is 1.29. The molecule has 66 valence electrons. The third-order valence-electron chi connectivity index (χ3n) is 2.21. The van der Waals surface area contributed by atoms with Crippen molar-refractivity contribution in [2.24, 2.45) is 10.4 Å². The van der Waals surface area contributed by atoms with Crippen molar-refractivity contribution in [2.45, 2.75) is 13.3 Å². The van der Waals surface area contributed by atoms with Crippen LogP contribution in [0.1, 0.15) is 13.3 Å². The summed E-state index contributed by atoms with van der Waals surface area (Å²) in [7, 11) is 0. The van der Waals surface area contributed by atoms with E-state index >= 15 is 0 Å². The summed E-state index contributed by atoms with van der Waals surface area (Å²) in [6.45, 7) is 3.44. The van der Waals surface area contributed by atoms with Crippen molar-refractivity contribution in [3.8, 4) is 0 Å². The molecule has 1 atom stereocenters. The van der Waals surface area contributed by atoms with Crippen molar-refractivity contribution in [1.29, 1.82) is 0 Å². The summed E-state index contributed by atoms with van der Waals surface area (Å²) in [5.41, 5.74) is -0.398. The molecule has 1 unspecified atom stereocenters. The number of ether oxygens (including phenoxy) is 1. The minimum atomic E-state index is -0.398. The standard InChI is InChI=1S/C8H11NO2S/c1-8(5-12-7(8)10)6-9-3-2-4-11-6/h2-5H2,1H3. The van der Waals surface area contributed by atoms with Gasteiger partial charge >= 0.3 is 0 Å². The third-order valence-corrected chi connectivity index (χ3v) is 3.65.